The molecule has 2 unspecified atom stereocenters. The van der Waals surface area contributed by atoms with Crippen LogP contribution in [0.15, 0.2) is 30.3 Å². The summed E-state index contributed by atoms with van der Waals surface area (Å²) in [6.45, 7) is 2.22. The van der Waals surface area contributed by atoms with Crippen molar-refractivity contribution in [2.24, 2.45) is 5.92 Å². The van der Waals surface area contributed by atoms with E-state index in [1.807, 2.05) is 0 Å². The number of hydrogen-bond acceptors (Lipinski definition) is 1. The van der Waals surface area contributed by atoms with E-state index >= 15 is 0 Å². The molecule has 98 valence electrons. The Hall–Kier alpha value is -1.11. The Morgan fingerprint density at radius 2 is 1.94 bits per heavy atom. The van der Waals surface area contributed by atoms with Gasteiger partial charge in [-0.15, -0.1) is 0 Å². The highest BCUT2D eigenvalue weighted by molar-refractivity contribution is 5.82. The van der Waals surface area contributed by atoms with Crippen molar-refractivity contribution >= 4 is 5.78 Å². The molecule has 1 saturated carbocycles. The van der Waals surface area contributed by atoms with Crippen molar-refractivity contribution in [3.8, 4) is 0 Å². The molecule has 0 spiro atoms. The summed E-state index contributed by atoms with van der Waals surface area (Å²) < 4.78 is 0. The zero-order chi connectivity index (χ0) is 12.8. The van der Waals surface area contributed by atoms with Gasteiger partial charge in [-0.3, -0.25) is 4.79 Å². The molecule has 0 saturated heterocycles. The van der Waals surface area contributed by atoms with Crippen LogP contribution in [0.3, 0.4) is 0 Å². The fraction of sp³-hybridized carbons (Fsp3) is 0.588. The lowest BCUT2D eigenvalue weighted by molar-refractivity contribution is -0.125. The third-order valence-electron chi connectivity index (χ3n) is 4.19. The van der Waals surface area contributed by atoms with E-state index in [4.69, 9.17) is 0 Å². The Bertz CT molecular complexity index is 368. The molecule has 2 rings (SSSR count). The zero-order valence-corrected chi connectivity index (χ0v) is 11.4. The number of rotatable bonds is 5. The maximum atomic E-state index is 12.0. The molecule has 1 aromatic carbocycles. The van der Waals surface area contributed by atoms with Crippen molar-refractivity contribution < 1.29 is 4.79 Å². The van der Waals surface area contributed by atoms with Crippen molar-refractivity contribution in [2.45, 2.75) is 57.8 Å². The van der Waals surface area contributed by atoms with E-state index in [1.165, 1.54) is 24.8 Å². The van der Waals surface area contributed by atoms with Crippen LogP contribution in [0, 0.1) is 5.92 Å². The predicted octanol–water partition coefficient (Wildman–Crippen LogP) is 4.72. The predicted molar refractivity (Wildman–Crippen MR) is 75.7 cm³/mol. The van der Waals surface area contributed by atoms with Gasteiger partial charge in [-0.05, 0) is 30.7 Å². The van der Waals surface area contributed by atoms with Gasteiger partial charge >= 0.3 is 0 Å². The average molecular weight is 244 g/mol. The van der Waals surface area contributed by atoms with E-state index in [9.17, 15) is 4.79 Å². The molecule has 1 nitrogen and oxygen atoms in total. The van der Waals surface area contributed by atoms with Crippen molar-refractivity contribution in [1.29, 1.82) is 0 Å². The Morgan fingerprint density at radius 3 is 2.67 bits per heavy atom. The summed E-state index contributed by atoms with van der Waals surface area (Å²) in [5.74, 6) is 1.45. The minimum absolute atomic E-state index is 0.329. The van der Waals surface area contributed by atoms with E-state index < -0.39 is 0 Å². The van der Waals surface area contributed by atoms with E-state index in [1.54, 1.807) is 0 Å². The number of hydrogen-bond donors (Lipinski definition) is 0. The SMILES string of the molecule is CCCCCC1CC(c2ccccc2)CCC1=O. The quantitative estimate of drug-likeness (QED) is 0.685. The van der Waals surface area contributed by atoms with Crippen LogP contribution in [0.25, 0.3) is 0 Å². The minimum atomic E-state index is 0.329. The molecule has 0 heterocycles. The number of unbranched alkanes of at least 4 members (excludes halogenated alkanes) is 2. The molecule has 0 amide bonds. The lowest BCUT2D eigenvalue weighted by Crippen LogP contribution is -2.23. The van der Waals surface area contributed by atoms with Crippen LogP contribution in [0.5, 0.6) is 0 Å². The summed E-state index contributed by atoms with van der Waals surface area (Å²) in [4.78, 5) is 12.0. The molecule has 2 atom stereocenters. The number of carbonyl (C=O) groups is 1. The van der Waals surface area contributed by atoms with Crippen LogP contribution in [-0.4, -0.2) is 5.78 Å². The molecule has 1 aromatic rings. The summed E-state index contributed by atoms with van der Waals surface area (Å²) >= 11 is 0. The summed E-state index contributed by atoms with van der Waals surface area (Å²) in [6.07, 6.45) is 7.74. The van der Waals surface area contributed by atoms with Crippen LogP contribution in [-0.2, 0) is 4.79 Å². The number of ketones is 1. The molecule has 1 aliphatic rings. The molecule has 0 aliphatic heterocycles. The first-order valence-corrected chi connectivity index (χ1v) is 7.39. The van der Waals surface area contributed by atoms with Crippen molar-refractivity contribution in [2.75, 3.05) is 0 Å². The van der Waals surface area contributed by atoms with E-state index in [0.29, 0.717) is 17.6 Å². The highest BCUT2D eigenvalue weighted by Crippen LogP contribution is 2.36. The summed E-state index contributed by atoms with van der Waals surface area (Å²) in [6, 6.07) is 10.7. The zero-order valence-electron chi connectivity index (χ0n) is 11.4. The largest absolute Gasteiger partial charge is 0.299 e. The van der Waals surface area contributed by atoms with Gasteiger partial charge in [0.15, 0.2) is 0 Å². The van der Waals surface area contributed by atoms with Gasteiger partial charge in [-0.1, -0.05) is 56.5 Å². The van der Waals surface area contributed by atoms with E-state index in [2.05, 4.69) is 37.3 Å². The van der Waals surface area contributed by atoms with Crippen LogP contribution in [0.2, 0.25) is 0 Å². The van der Waals surface area contributed by atoms with Crippen LogP contribution in [0.1, 0.15) is 63.4 Å². The second kappa shape index (κ2) is 6.72. The molecule has 0 radical (unpaired) electrons. The average Bonchev–Trinajstić information content (AvgIpc) is 2.42. The molecule has 0 aromatic heterocycles. The van der Waals surface area contributed by atoms with Gasteiger partial charge in [0.2, 0.25) is 0 Å². The van der Waals surface area contributed by atoms with E-state index in [0.717, 1.165) is 25.7 Å². The van der Waals surface area contributed by atoms with E-state index in [-0.39, 0.29) is 0 Å². The highest BCUT2D eigenvalue weighted by atomic mass is 16.1. The number of carbonyl (C=O) groups excluding carboxylic acids is 1. The summed E-state index contributed by atoms with van der Waals surface area (Å²) in [7, 11) is 0. The summed E-state index contributed by atoms with van der Waals surface area (Å²) in [5.41, 5.74) is 1.42. The molecular formula is C17H24O. The van der Waals surface area contributed by atoms with Crippen molar-refractivity contribution in [3.63, 3.8) is 0 Å². The summed E-state index contributed by atoms with van der Waals surface area (Å²) in [5, 5.41) is 0. The second-order valence-electron chi connectivity index (χ2n) is 5.54. The molecule has 1 aliphatic carbocycles. The van der Waals surface area contributed by atoms with Crippen molar-refractivity contribution in [1.82, 2.24) is 0 Å². The van der Waals surface area contributed by atoms with Gasteiger partial charge in [0.05, 0.1) is 0 Å². The van der Waals surface area contributed by atoms with Crippen LogP contribution < -0.4 is 0 Å². The Labute approximate surface area is 111 Å². The van der Waals surface area contributed by atoms with Crippen LogP contribution in [0.4, 0.5) is 0 Å². The van der Waals surface area contributed by atoms with Gasteiger partial charge in [0.1, 0.15) is 5.78 Å². The lowest BCUT2D eigenvalue weighted by atomic mass is 9.75. The first-order chi connectivity index (χ1) is 8.81. The first-order valence-electron chi connectivity index (χ1n) is 7.39. The van der Waals surface area contributed by atoms with Crippen molar-refractivity contribution in [3.05, 3.63) is 35.9 Å². The van der Waals surface area contributed by atoms with Gasteiger partial charge in [0, 0.05) is 12.3 Å². The maximum absolute atomic E-state index is 12.0. The van der Waals surface area contributed by atoms with Gasteiger partial charge in [0.25, 0.3) is 0 Å². The fourth-order valence-corrected chi connectivity index (χ4v) is 3.06. The molecule has 1 heteroatoms. The molecule has 1 fully saturated rings. The minimum Gasteiger partial charge on any atom is -0.299 e. The number of benzene rings is 1. The van der Waals surface area contributed by atoms with Gasteiger partial charge < -0.3 is 0 Å². The highest BCUT2D eigenvalue weighted by Gasteiger charge is 2.28. The topological polar surface area (TPSA) is 17.1 Å². The molecule has 0 N–H and O–H groups in total. The molecule has 0 bridgehead atoms. The standard InChI is InChI=1S/C17H24O/c1-2-3-5-10-16-13-15(11-12-17(16)18)14-8-6-4-7-9-14/h4,6-9,15-16H,2-3,5,10-13H2,1H3. The van der Waals surface area contributed by atoms with Crippen LogP contribution >= 0.6 is 0 Å². The normalized spacial score (nSPS) is 24.2. The number of Topliss-reactive ketones (excluding diaryl/α,β-unsaturated/α-hetero) is 1. The smallest absolute Gasteiger partial charge is 0.136 e. The van der Waals surface area contributed by atoms with Gasteiger partial charge in [-0.25, -0.2) is 0 Å². The Balaban J connectivity index is 1.94. The Morgan fingerprint density at radius 1 is 1.17 bits per heavy atom. The molecule has 18 heavy (non-hydrogen) atoms. The lowest BCUT2D eigenvalue weighted by Gasteiger charge is -2.28. The van der Waals surface area contributed by atoms with Gasteiger partial charge in [-0.2, -0.15) is 0 Å². The first kappa shape index (κ1) is 13.3. The second-order valence-corrected chi connectivity index (χ2v) is 5.54. The fourth-order valence-electron chi connectivity index (χ4n) is 3.06. The Kier molecular flexibility index (Phi) is 4.98. The third kappa shape index (κ3) is 3.44. The molecular weight excluding hydrogens is 220 g/mol. The third-order valence-corrected chi connectivity index (χ3v) is 4.19. The maximum Gasteiger partial charge on any atom is 0.136 e. The monoisotopic (exact) mass is 244 g/mol.